The molecule has 0 fully saturated rings. The van der Waals surface area contributed by atoms with Crippen LogP contribution in [0.1, 0.15) is 41.9 Å². The number of H-pyrrole nitrogens is 2. The third-order valence-electron chi connectivity index (χ3n) is 4.87. The minimum Gasteiger partial charge on any atom is -0.344 e. The van der Waals surface area contributed by atoms with E-state index in [1.807, 2.05) is 4.98 Å². The number of fused-ring (bicyclic) bond motifs is 1. The summed E-state index contributed by atoms with van der Waals surface area (Å²) in [4.78, 5) is 41.2. The fourth-order valence-corrected chi connectivity index (χ4v) is 3.81. The van der Waals surface area contributed by atoms with Gasteiger partial charge in [-0.1, -0.05) is 18.2 Å². The number of allylic oxidation sites excluding steroid dienone is 2. The normalized spacial score (nSPS) is 19.4. The van der Waals surface area contributed by atoms with Crippen molar-refractivity contribution in [2.24, 2.45) is 0 Å². The van der Waals surface area contributed by atoms with Gasteiger partial charge in [0.05, 0.1) is 11.1 Å². The van der Waals surface area contributed by atoms with Gasteiger partial charge in [0, 0.05) is 23.6 Å². The SMILES string of the molecule is O=C1CCCC2=C1[C@H](c1ccccc1C(F)(F)F)c1c([nH]c(=O)[nH]c1=O)N2. The molecule has 1 aliphatic heterocycles. The first-order valence-electron chi connectivity index (χ1n) is 8.33. The van der Waals surface area contributed by atoms with Crippen molar-refractivity contribution in [3.05, 3.63) is 73.1 Å². The van der Waals surface area contributed by atoms with Gasteiger partial charge < -0.3 is 5.32 Å². The number of rotatable bonds is 1. The minimum atomic E-state index is -4.66. The lowest BCUT2D eigenvalue weighted by Gasteiger charge is -2.33. The molecule has 2 aliphatic rings. The Morgan fingerprint density at radius 2 is 1.74 bits per heavy atom. The van der Waals surface area contributed by atoms with Crippen LogP contribution in [0.3, 0.4) is 0 Å². The van der Waals surface area contributed by atoms with E-state index in [4.69, 9.17) is 0 Å². The van der Waals surface area contributed by atoms with Crippen LogP contribution in [0.2, 0.25) is 0 Å². The first kappa shape index (κ1) is 17.3. The van der Waals surface area contributed by atoms with E-state index in [0.29, 0.717) is 18.5 Å². The molecule has 1 aromatic heterocycles. The lowest BCUT2D eigenvalue weighted by atomic mass is 9.75. The summed E-state index contributed by atoms with van der Waals surface area (Å²) >= 11 is 0. The second-order valence-electron chi connectivity index (χ2n) is 6.51. The van der Waals surface area contributed by atoms with Gasteiger partial charge in [-0.3, -0.25) is 19.6 Å². The van der Waals surface area contributed by atoms with E-state index in [-0.39, 0.29) is 34.7 Å². The van der Waals surface area contributed by atoms with Crippen molar-refractivity contribution in [1.29, 1.82) is 0 Å². The Morgan fingerprint density at radius 1 is 1.00 bits per heavy atom. The number of Topliss-reactive ketones (excluding diaryl/α,β-unsaturated/α-hetero) is 1. The van der Waals surface area contributed by atoms with Crippen LogP contribution in [0, 0.1) is 0 Å². The highest BCUT2D eigenvalue weighted by molar-refractivity contribution is 6.01. The van der Waals surface area contributed by atoms with Crippen molar-refractivity contribution in [3.8, 4) is 0 Å². The number of ketones is 1. The topological polar surface area (TPSA) is 94.8 Å². The summed E-state index contributed by atoms with van der Waals surface area (Å²) in [6.45, 7) is 0. The maximum atomic E-state index is 13.6. The van der Waals surface area contributed by atoms with Gasteiger partial charge in [-0.15, -0.1) is 0 Å². The van der Waals surface area contributed by atoms with Crippen molar-refractivity contribution in [2.45, 2.75) is 31.4 Å². The Bertz CT molecular complexity index is 1100. The second kappa shape index (κ2) is 5.97. The number of halogens is 3. The molecule has 0 spiro atoms. The van der Waals surface area contributed by atoms with Gasteiger partial charge in [-0.2, -0.15) is 13.2 Å². The van der Waals surface area contributed by atoms with E-state index in [1.165, 1.54) is 18.2 Å². The molecule has 6 nitrogen and oxygen atoms in total. The first-order chi connectivity index (χ1) is 12.8. The molecule has 0 unspecified atom stereocenters. The lowest BCUT2D eigenvalue weighted by Crippen LogP contribution is -2.36. The van der Waals surface area contributed by atoms with Gasteiger partial charge in [0.25, 0.3) is 5.56 Å². The fourth-order valence-electron chi connectivity index (χ4n) is 3.81. The van der Waals surface area contributed by atoms with Crippen LogP contribution in [-0.4, -0.2) is 15.8 Å². The molecule has 1 atom stereocenters. The predicted molar refractivity (Wildman–Crippen MR) is 90.5 cm³/mol. The molecule has 0 saturated heterocycles. The van der Waals surface area contributed by atoms with Gasteiger partial charge in [0.1, 0.15) is 5.82 Å². The molecule has 0 radical (unpaired) electrons. The monoisotopic (exact) mass is 377 g/mol. The zero-order valence-electron chi connectivity index (χ0n) is 13.9. The average Bonchev–Trinajstić information content (AvgIpc) is 2.59. The number of benzene rings is 1. The number of carbonyl (C=O) groups excluding carboxylic acids is 1. The number of hydrogen-bond acceptors (Lipinski definition) is 4. The van der Waals surface area contributed by atoms with Crippen molar-refractivity contribution in [2.75, 3.05) is 5.32 Å². The van der Waals surface area contributed by atoms with E-state index in [2.05, 4.69) is 10.3 Å². The van der Waals surface area contributed by atoms with E-state index in [9.17, 15) is 27.6 Å². The van der Waals surface area contributed by atoms with Gasteiger partial charge in [-0.25, -0.2) is 4.79 Å². The molecule has 9 heteroatoms. The Labute approximate surface area is 150 Å². The Morgan fingerprint density at radius 3 is 2.48 bits per heavy atom. The molecule has 0 amide bonds. The fraction of sp³-hybridized carbons (Fsp3) is 0.278. The summed E-state index contributed by atoms with van der Waals surface area (Å²) in [5, 5.41) is 2.87. The molecule has 1 aliphatic carbocycles. The quantitative estimate of drug-likeness (QED) is 0.712. The van der Waals surface area contributed by atoms with E-state index < -0.39 is 28.9 Å². The van der Waals surface area contributed by atoms with Crippen LogP contribution in [0.4, 0.5) is 19.0 Å². The molecular weight excluding hydrogens is 363 g/mol. The number of aromatic amines is 2. The molecule has 4 rings (SSSR count). The molecule has 0 saturated carbocycles. The van der Waals surface area contributed by atoms with Crippen LogP contribution >= 0.6 is 0 Å². The smallest absolute Gasteiger partial charge is 0.344 e. The molecule has 140 valence electrons. The highest BCUT2D eigenvalue weighted by Gasteiger charge is 2.42. The van der Waals surface area contributed by atoms with Gasteiger partial charge >= 0.3 is 11.9 Å². The molecular formula is C18H14F3N3O3. The maximum Gasteiger partial charge on any atom is 0.416 e. The van der Waals surface area contributed by atoms with Crippen molar-refractivity contribution >= 4 is 11.6 Å². The summed E-state index contributed by atoms with van der Waals surface area (Å²) in [5.74, 6) is -1.48. The predicted octanol–water partition coefficient (Wildman–Crippen LogP) is 2.65. The van der Waals surface area contributed by atoms with E-state index in [0.717, 1.165) is 6.07 Å². The number of hydrogen-bond donors (Lipinski definition) is 3. The van der Waals surface area contributed by atoms with Crippen molar-refractivity contribution < 1.29 is 18.0 Å². The van der Waals surface area contributed by atoms with Crippen LogP contribution in [0.5, 0.6) is 0 Å². The first-order valence-corrected chi connectivity index (χ1v) is 8.33. The van der Waals surface area contributed by atoms with Crippen LogP contribution in [0.25, 0.3) is 0 Å². The summed E-state index contributed by atoms with van der Waals surface area (Å²) in [7, 11) is 0. The molecule has 0 bridgehead atoms. The number of nitrogens with one attached hydrogen (secondary N) is 3. The number of alkyl halides is 3. The third kappa shape index (κ3) is 2.79. The molecule has 1 aromatic carbocycles. The van der Waals surface area contributed by atoms with Crippen LogP contribution in [0.15, 0.2) is 45.1 Å². The number of carbonyl (C=O) groups is 1. The van der Waals surface area contributed by atoms with Gasteiger partial charge in [-0.05, 0) is 24.5 Å². The van der Waals surface area contributed by atoms with Crippen LogP contribution in [-0.2, 0) is 11.0 Å². The molecule has 2 heterocycles. The maximum absolute atomic E-state index is 13.6. The summed E-state index contributed by atoms with van der Waals surface area (Å²) in [6.07, 6.45) is -3.47. The number of anilines is 1. The van der Waals surface area contributed by atoms with E-state index >= 15 is 0 Å². The summed E-state index contributed by atoms with van der Waals surface area (Å²) < 4.78 is 40.8. The standard InChI is InChI=1S/C18H14F3N3O3/c19-18(20,21)9-5-2-1-4-8(9)12-13-10(6-3-7-11(13)25)22-15-14(12)16(26)24-17(27)23-15/h1-2,4-5,12H,3,6-7H2,(H3,22,23,24,26,27)/t12-/m0/s1. The minimum absolute atomic E-state index is 0.0270. The zero-order chi connectivity index (χ0) is 19.3. The lowest BCUT2D eigenvalue weighted by molar-refractivity contribution is -0.138. The van der Waals surface area contributed by atoms with Gasteiger partial charge in [0.15, 0.2) is 5.78 Å². The van der Waals surface area contributed by atoms with Crippen molar-refractivity contribution in [3.63, 3.8) is 0 Å². The van der Waals surface area contributed by atoms with Crippen LogP contribution < -0.4 is 16.6 Å². The largest absolute Gasteiger partial charge is 0.416 e. The Balaban J connectivity index is 2.07. The summed E-state index contributed by atoms with van der Waals surface area (Å²) in [5.41, 5.74) is -2.20. The second-order valence-corrected chi connectivity index (χ2v) is 6.51. The van der Waals surface area contributed by atoms with Gasteiger partial charge in [0.2, 0.25) is 0 Å². The average molecular weight is 377 g/mol. The third-order valence-corrected chi connectivity index (χ3v) is 4.87. The Hall–Kier alpha value is -3.10. The zero-order valence-corrected chi connectivity index (χ0v) is 13.9. The summed E-state index contributed by atoms with van der Waals surface area (Å²) in [6, 6.07) is 4.87. The highest BCUT2D eigenvalue weighted by Crippen LogP contribution is 2.46. The van der Waals surface area contributed by atoms with Crippen molar-refractivity contribution in [1.82, 2.24) is 9.97 Å². The Kier molecular flexibility index (Phi) is 3.83. The number of aromatic nitrogens is 2. The molecule has 2 aromatic rings. The highest BCUT2D eigenvalue weighted by atomic mass is 19.4. The molecule has 27 heavy (non-hydrogen) atoms. The van der Waals surface area contributed by atoms with E-state index in [1.54, 1.807) is 0 Å². The molecule has 3 N–H and O–H groups in total.